The van der Waals surface area contributed by atoms with Crippen molar-refractivity contribution >= 4 is 17.5 Å². The van der Waals surface area contributed by atoms with Gasteiger partial charge in [-0.25, -0.2) is 0 Å². The summed E-state index contributed by atoms with van der Waals surface area (Å²) in [6, 6.07) is 0.237. The van der Waals surface area contributed by atoms with Crippen LogP contribution in [0.25, 0.3) is 0 Å². The molecule has 0 aromatic carbocycles. The molecule has 0 amide bonds. The number of hydrogen-bond donors (Lipinski definition) is 1. The number of rotatable bonds is 4. The smallest absolute Gasteiger partial charge is 0.322 e. The molecule has 0 saturated carbocycles. The van der Waals surface area contributed by atoms with Crippen molar-refractivity contribution in [1.82, 2.24) is 19.9 Å². The Kier molecular flexibility index (Phi) is 4.54. The average molecular weight is 272 g/mol. The minimum Gasteiger partial charge on any atom is -0.467 e. The van der Waals surface area contributed by atoms with Crippen LogP contribution in [-0.4, -0.2) is 53.6 Å². The Morgan fingerprint density at radius 1 is 1.33 bits per heavy atom. The van der Waals surface area contributed by atoms with Crippen LogP contribution in [0.1, 0.15) is 12.8 Å². The molecule has 1 aromatic heterocycles. The molecule has 1 N–H and O–H groups in total. The van der Waals surface area contributed by atoms with Gasteiger partial charge < -0.3 is 15.0 Å². The molecule has 1 aliphatic rings. The second-order valence-corrected chi connectivity index (χ2v) is 4.88. The second kappa shape index (κ2) is 6.15. The van der Waals surface area contributed by atoms with Crippen LogP contribution in [0.3, 0.4) is 0 Å². The molecule has 0 spiro atoms. The van der Waals surface area contributed by atoms with Gasteiger partial charge in [0.05, 0.1) is 7.11 Å². The predicted octanol–water partition coefficient (Wildman–Crippen LogP) is 1.29. The summed E-state index contributed by atoms with van der Waals surface area (Å²) in [5.74, 6) is 1.13. The summed E-state index contributed by atoms with van der Waals surface area (Å²) < 4.78 is 4.95. The third-order valence-corrected chi connectivity index (χ3v) is 3.33. The predicted molar refractivity (Wildman–Crippen MR) is 70.1 cm³/mol. The van der Waals surface area contributed by atoms with Gasteiger partial charge in [-0.2, -0.15) is 15.0 Å². The Hall–Kier alpha value is -1.14. The van der Waals surface area contributed by atoms with E-state index in [2.05, 4.69) is 32.2 Å². The molecular formula is C11H18ClN5O. The molecule has 1 aliphatic heterocycles. The monoisotopic (exact) mass is 271 g/mol. The van der Waals surface area contributed by atoms with Crippen molar-refractivity contribution in [1.29, 1.82) is 0 Å². The van der Waals surface area contributed by atoms with E-state index in [9.17, 15) is 0 Å². The van der Waals surface area contributed by atoms with Gasteiger partial charge >= 0.3 is 6.01 Å². The Morgan fingerprint density at radius 2 is 2.06 bits per heavy atom. The summed E-state index contributed by atoms with van der Waals surface area (Å²) in [4.78, 5) is 14.3. The lowest BCUT2D eigenvalue weighted by Gasteiger charge is -2.28. The number of ether oxygens (including phenoxy) is 1. The van der Waals surface area contributed by atoms with Gasteiger partial charge in [0.2, 0.25) is 11.2 Å². The molecule has 100 valence electrons. The molecule has 0 bridgehead atoms. The number of nitrogens with one attached hydrogen (secondary N) is 1. The van der Waals surface area contributed by atoms with E-state index in [1.54, 1.807) is 0 Å². The number of aromatic nitrogens is 3. The average Bonchev–Trinajstić information content (AvgIpc) is 2.37. The first kappa shape index (κ1) is 13.3. The largest absolute Gasteiger partial charge is 0.467 e. The maximum absolute atomic E-state index is 5.78. The molecule has 0 aliphatic carbocycles. The SMILES string of the molecule is COc1nc(Cl)nc(NCC2CCN(C)CC2)n1. The summed E-state index contributed by atoms with van der Waals surface area (Å²) in [6.07, 6.45) is 2.39. The molecule has 1 aromatic rings. The zero-order valence-corrected chi connectivity index (χ0v) is 11.4. The van der Waals surface area contributed by atoms with Crippen LogP contribution < -0.4 is 10.1 Å². The quantitative estimate of drug-likeness (QED) is 0.890. The van der Waals surface area contributed by atoms with Gasteiger partial charge in [-0.15, -0.1) is 0 Å². The highest BCUT2D eigenvalue weighted by atomic mass is 35.5. The second-order valence-electron chi connectivity index (χ2n) is 4.54. The summed E-state index contributed by atoms with van der Waals surface area (Å²) in [6.45, 7) is 3.15. The molecule has 18 heavy (non-hydrogen) atoms. The van der Waals surface area contributed by atoms with Crippen LogP contribution in [0.4, 0.5) is 5.95 Å². The fourth-order valence-electron chi connectivity index (χ4n) is 2.00. The Balaban J connectivity index is 1.88. The van der Waals surface area contributed by atoms with Crippen LogP contribution in [0.15, 0.2) is 0 Å². The number of likely N-dealkylation sites (tertiary alicyclic amines) is 1. The van der Waals surface area contributed by atoms with Crippen LogP contribution in [0.5, 0.6) is 6.01 Å². The summed E-state index contributed by atoms with van der Waals surface area (Å²) in [7, 11) is 3.66. The van der Waals surface area contributed by atoms with Gasteiger partial charge in [-0.1, -0.05) is 0 Å². The Labute approximate surface area is 112 Å². The number of methoxy groups -OCH3 is 1. The number of nitrogens with zero attached hydrogens (tertiary/aromatic N) is 4. The van der Waals surface area contributed by atoms with Crippen molar-refractivity contribution in [3.05, 3.63) is 5.28 Å². The van der Waals surface area contributed by atoms with E-state index in [1.807, 2.05) is 0 Å². The van der Waals surface area contributed by atoms with Gasteiger partial charge in [0.25, 0.3) is 0 Å². The molecule has 2 heterocycles. The molecule has 1 saturated heterocycles. The van der Waals surface area contributed by atoms with E-state index in [-0.39, 0.29) is 11.3 Å². The Bertz CT molecular complexity index is 395. The van der Waals surface area contributed by atoms with E-state index < -0.39 is 0 Å². The first-order valence-corrected chi connectivity index (χ1v) is 6.43. The van der Waals surface area contributed by atoms with Crippen molar-refractivity contribution < 1.29 is 4.74 Å². The van der Waals surface area contributed by atoms with Crippen molar-refractivity contribution in [2.75, 3.05) is 39.1 Å². The van der Waals surface area contributed by atoms with Gasteiger partial charge in [0, 0.05) is 6.54 Å². The van der Waals surface area contributed by atoms with Crippen molar-refractivity contribution in [3.8, 4) is 6.01 Å². The first-order chi connectivity index (χ1) is 8.67. The number of halogens is 1. The standard InChI is InChI=1S/C11H18ClN5O/c1-17-5-3-8(4-6-17)7-13-10-14-9(12)15-11(16-10)18-2/h8H,3-7H2,1-2H3,(H,13,14,15,16). The maximum atomic E-state index is 5.78. The molecule has 0 radical (unpaired) electrons. The molecule has 2 rings (SSSR count). The summed E-state index contributed by atoms with van der Waals surface area (Å²) >= 11 is 5.78. The van der Waals surface area contributed by atoms with Gasteiger partial charge in [0.15, 0.2) is 0 Å². The van der Waals surface area contributed by atoms with Crippen molar-refractivity contribution in [2.24, 2.45) is 5.92 Å². The molecule has 1 fully saturated rings. The maximum Gasteiger partial charge on any atom is 0.322 e. The third kappa shape index (κ3) is 3.68. The summed E-state index contributed by atoms with van der Waals surface area (Å²) in [5.41, 5.74) is 0. The van der Waals surface area contributed by atoms with E-state index in [4.69, 9.17) is 16.3 Å². The summed E-state index contributed by atoms with van der Waals surface area (Å²) in [5, 5.41) is 3.35. The minimum absolute atomic E-state index is 0.146. The lowest BCUT2D eigenvalue weighted by molar-refractivity contribution is 0.226. The molecule has 0 unspecified atom stereocenters. The van der Waals surface area contributed by atoms with Gasteiger partial charge in [0.1, 0.15) is 0 Å². The third-order valence-electron chi connectivity index (χ3n) is 3.16. The van der Waals surface area contributed by atoms with E-state index in [0.29, 0.717) is 11.9 Å². The van der Waals surface area contributed by atoms with Crippen LogP contribution in [0.2, 0.25) is 5.28 Å². The first-order valence-electron chi connectivity index (χ1n) is 6.05. The van der Waals surface area contributed by atoms with Crippen LogP contribution >= 0.6 is 11.6 Å². The van der Waals surface area contributed by atoms with E-state index in [0.717, 1.165) is 19.6 Å². The Morgan fingerprint density at radius 3 is 2.72 bits per heavy atom. The van der Waals surface area contributed by atoms with Crippen molar-refractivity contribution in [3.63, 3.8) is 0 Å². The van der Waals surface area contributed by atoms with Gasteiger partial charge in [-0.05, 0) is 50.5 Å². The molecule has 7 heteroatoms. The minimum atomic E-state index is 0.146. The van der Waals surface area contributed by atoms with Gasteiger partial charge in [-0.3, -0.25) is 0 Å². The lowest BCUT2D eigenvalue weighted by Crippen LogP contribution is -2.33. The molecular weight excluding hydrogens is 254 g/mol. The fourth-order valence-corrected chi connectivity index (χ4v) is 2.16. The topological polar surface area (TPSA) is 63.2 Å². The number of hydrogen-bond acceptors (Lipinski definition) is 6. The normalized spacial score (nSPS) is 17.7. The number of piperidine rings is 1. The highest BCUT2D eigenvalue weighted by Crippen LogP contribution is 2.17. The highest BCUT2D eigenvalue weighted by Gasteiger charge is 2.16. The molecule has 0 atom stereocenters. The highest BCUT2D eigenvalue weighted by molar-refractivity contribution is 6.28. The number of anilines is 1. The van der Waals surface area contributed by atoms with Crippen molar-refractivity contribution in [2.45, 2.75) is 12.8 Å². The lowest BCUT2D eigenvalue weighted by atomic mass is 9.97. The fraction of sp³-hybridized carbons (Fsp3) is 0.727. The van der Waals surface area contributed by atoms with E-state index in [1.165, 1.54) is 20.0 Å². The zero-order valence-electron chi connectivity index (χ0n) is 10.7. The van der Waals surface area contributed by atoms with E-state index >= 15 is 0 Å². The zero-order chi connectivity index (χ0) is 13.0. The molecule has 6 nitrogen and oxygen atoms in total. The van der Waals surface area contributed by atoms with Crippen LogP contribution in [-0.2, 0) is 0 Å². The van der Waals surface area contributed by atoms with Crippen LogP contribution in [0, 0.1) is 5.92 Å².